The van der Waals surface area contributed by atoms with Crippen molar-refractivity contribution in [3.05, 3.63) is 58.6 Å². The molecule has 0 amide bonds. The lowest BCUT2D eigenvalue weighted by atomic mass is 10.1. The summed E-state index contributed by atoms with van der Waals surface area (Å²) in [6.07, 6.45) is 3.33. The van der Waals surface area contributed by atoms with Crippen molar-refractivity contribution in [1.29, 1.82) is 0 Å². The van der Waals surface area contributed by atoms with Gasteiger partial charge in [-0.3, -0.25) is 19.0 Å². The van der Waals surface area contributed by atoms with Gasteiger partial charge in [-0.15, -0.1) is 0 Å². The molecule has 0 saturated heterocycles. The highest BCUT2D eigenvalue weighted by molar-refractivity contribution is 6.31. The number of benzene rings is 1. The number of hydrogen-bond acceptors (Lipinski definition) is 4. The van der Waals surface area contributed by atoms with E-state index in [1.165, 1.54) is 0 Å². The number of halogens is 1. The van der Waals surface area contributed by atoms with E-state index in [-0.39, 0.29) is 12.8 Å². The molecule has 0 aliphatic rings. The zero-order chi connectivity index (χ0) is 21.6. The van der Waals surface area contributed by atoms with Crippen LogP contribution in [-0.2, 0) is 23.2 Å². The molecule has 154 valence electrons. The average molecular weight is 419 g/mol. The minimum Gasteiger partial charge on any atom is -0.481 e. The lowest BCUT2D eigenvalue weighted by molar-refractivity contribution is -0.143. The molecule has 2 aromatic heterocycles. The standard InChI is InChI=1S/C16H17ClN4.C4H6O4/c1-11-6-13(4-5-16(11)17)14-8-18-21(9-14)10-15-7-12(2)19-20(15)3;5-3(6)1-2-4(7)8/h4-9H,10H2,1-3H3;1-2H2,(H,5,6)(H,7,8). The lowest BCUT2D eigenvalue weighted by Gasteiger charge is -2.03. The Bertz CT molecular complexity index is 996. The highest BCUT2D eigenvalue weighted by Gasteiger charge is 2.07. The van der Waals surface area contributed by atoms with Crippen molar-refractivity contribution < 1.29 is 19.8 Å². The van der Waals surface area contributed by atoms with Gasteiger partial charge in [0.1, 0.15) is 0 Å². The maximum atomic E-state index is 9.64. The van der Waals surface area contributed by atoms with Crippen molar-refractivity contribution in [3.63, 3.8) is 0 Å². The van der Waals surface area contributed by atoms with Crippen LogP contribution in [0.1, 0.15) is 29.8 Å². The van der Waals surface area contributed by atoms with Crippen LogP contribution in [0.3, 0.4) is 0 Å². The lowest BCUT2D eigenvalue weighted by Crippen LogP contribution is -2.05. The van der Waals surface area contributed by atoms with Gasteiger partial charge in [-0.25, -0.2) is 0 Å². The minimum atomic E-state index is -1.08. The number of hydrogen-bond donors (Lipinski definition) is 2. The molecule has 0 spiro atoms. The molecule has 0 fully saturated rings. The second-order valence-electron chi connectivity index (χ2n) is 6.58. The number of carboxylic acids is 2. The van der Waals surface area contributed by atoms with Gasteiger partial charge in [-0.2, -0.15) is 10.2 Å². The fourth-order valence-electron chi connectivity index (χ4n) is 2.62. The number of aromatic nitrogens is 4. The van der Waals surface area contributed by atoms with Gasteiger partial charge in [-0.05, 0) is 43.2 Å². The van der Waals surface area contributed by atoms with E-state index < -0.39 is 11.9 Å². The number of carboxylic acid groups (broad SMARTS) is 2. The van der Waals surface area contributed by atoms with Gasteiger partial charge in [0, 0.05) is 23.8 Å². The van der Waals surface area contributed by atoms with Gasteiger partial charge in [0.05, 0.1) is 37.0 Å². The molecular formula is C20H23ClN4O4. The minimum absolute atomic E-state index is 0.296. The number of nitrogens with zero attached hydrogens (tertiary/aromatic N) is 4. The Kier molecular flexibility index (Phi) is 7.55. The van der Waals surface area contributed by atoms with E-state index in [0.29, 0.717) is 6.54 Å². The largest absolute Gasteiger partial charge is 0.481 e. The van der Waals surface area contributed by atoms with Crippen LogP contribution in [0.15, 0.2) is 36.7 Å². The molecule has 0 aliphatic carbocycles. The Labute approximate surface area is 173 Å². The molecule has 2 heterocycles. The Hall–Kier alpha value is -3.13. The van der Waals surface area contributed by atoms with Gasteiger partial charge in [0.2, 0.25) is 0 Å². The number of rotatable bonds is 6. The molecule has 2 N–H and O–H groups in total. The molecule has 3 rings (SSSR count). The summed E-state index contributed by atoms with van der Waals surface area (Å²) in [6.45, 7) is 4.72. The van der Waals surface area contributed by atoms with Crippen LogP contribution in [0, 0.1) is 13.8 Å². The predicted molar refractivity (Wildman–Crippen MR) is 109 cm³/mol. The van der Waals surface area contributed by atoms with Crippen molar-refractivity contribution in [2.75, 3.05) is 0 Å². The Morgan fingerprint density at radius 1 is 1.07 bits per heavy atom. The highest BCUT2D eigenvalue weighted by Crippen LogP contribution is 2.24. The second-order valence-corrected chi connectivity index (χ2v) is 6.99. The maximum absolute atomic E-state index is 9.64. The summed E-state index contributed by atoms with van der Waals surface area (Å²) in [4.78, 5) is 19.3. The highest BCUT2D eigenvalue weighted by atomic mass is 35.5. The van der Waals surface area contributed by atoms with Crippen molar-refractivity contribution in [1.82, 2.24) is 19.6 Å². The monoisotopic (exact) mass is 418 g/mol. The average Bonchev–Trinajstić information content (AvgIpc) is 3.23. The smallest absolute Gasteiger partial charge is 0.303 e. The van der Waals surface area contributed by atoms with Gasteiger partial charge >= 0.3 is 11.9 Å². The summed E-state index contributed by atoms with van der Waals surface area (Å²) in [6, 6.07) is 8.10. The van der Waals surface area contributed by atoms with Gasteiger partial charge in [0.25, 0.3) is 0 Å². The third-order valence-electron chi connectivity index (χ3n) is 4.10. The van der Waals surface area contributed by atoms with E-state index in [1.807, 2.05) is 54.8 Å². The van der Waals surface area contributed by atoms with Crippen LogP contribution >= 0.6 is 11.6 Å². The third-order valence-corrected chi connectivity index (χ3v) is 4.52. The quantitative estimate of drug-likeness (QED) is 0.633. The first-order valence-electron chi connectivity index (χ1n) is 8.87. The molecule has 0 atom stereocenters. The molecule has 0 aliphatic heterocycles. The summed E-state index contributed by atoms with van der Waals surface area (Å²) in [5, 5.41) is 25.4. The number of aliphatic carboxylic acids is 2. The first-order valence-corrected chi connectivity index (χ1v) is 9.25. The molecule has 1 aromatic carbocycles. The topological polar surface area (TPSA) is 110 Å². The molecule has 29 heavy (non-hydrogen) atoms. The maximum Gasteiger partial charge on any atom is 0.303 e. The molecule has 0 unspecified atom stereocenters. The summed E-state index contributed by atoms with van der Waals surface area (Å²) in [5.41, 5.74) is 5.45. The Morgan fingerprint density at radius 3 is 2.24 bits per heavy atom. The Balaban J connectivity index is 0.000000321. The van der Waals surface area contributed by atoms with Crippen molar-refractivity contribution >= 4 is 23.5 Å². The number of aryl methyl sites for hydroxylation is 3. The normalized spacial score (nSPS) is 10.3. The molecule has 0 radical (unpaired) electrons. The molecule has 9 heteroatoms. The zero-order valence-corrected chi connectivity index (χ0v) is 17.2. The van der Waals surface area contributed by atoms with Gasteiger partial charge in [0.15, 0.2) is 0 Å². The summed E-state index contributed by atoms with van der Waals surface area (Å²) < 4.78 is 3.82. The second kappa shape index (κ2) is 9.88. The summed E-state index contributed by atoms with van der Waals surface area (Å²) in [7, 11) is 1.95. The molecular weight excluding hydrogens is 396 g/mol. The number of carbonyl (C=O) groups is 2. The van der Waals surface area contributed by atoms with Crippen molar-refractivity contribution in [2.45, 2.75) is 33.2 Å². The molecule has 0 bridgehead atoms. The SMILES string of the molecule is Cc1cc(Cn2cc(-c3ccc(Cl)c(C)c3)cn2)n(C)n1.O=C(O)CCC(=O)O. The third kappa shape index (κ3) is 6.76. The molecule has 8 nitrogen and oxygen atoms in total. The first-order chi connectivity index (χ1) is 13.7. The fourth-order valence-corrected chi connectivity index (χ4v) is 2.73. The summed E-state index contributed by atoms with van der Waals surface area (Å²) >= 11 is 6.07. The predicted octanol–water partition coefficient (Wildman–Crippen LogP) is 3.54. The van der Waals surface area contributed by atoms with E-state index in [9.17, 15) is 9.59 Å². The van der Waals surface area contributed by atoms with Crippen LogP contribution in [0.5, 0.6) is 0 Å². The van der Waals surface area contributed by atoms with Crippen LogP contribution < -0.4 is 0 Å². The van der Waals surface area contributed by atoms with Gasteiger partial charge in [-0.1, -0.05) is 17.7 Å². The molecule has 0 saturated carbocycles. The van der Waals surface area contributed by atoms with Gasteiger partial charge < -0.3 is 10.2 Å². The van der Waals surface area contributed by atoms with Crippen LogP contribution in [0.4, 0.5) is 0 Å². The Morgan fingerprint density at radius 2 is 1.72 bits per heavy atom. The van der Waals surface area contributed by atoms with E-state index in [1.54, 1.807) is 0 Å². The molecule has 3 aromatic rings. The van der Waals surface area contributed by atoms with Crippen LogP contribution in [0.25, 0.3) is 11.1 Å². The van der Waals surface area contributed by atoms with E-state index >= 15 is 0 Å². The van der Waals surface area contributed by atoms with E-state index in [0.717, 1.165) is 33.1 Å². The zero-order valence-electron chi connectivity index (χ0n) is 16.5. The van der Waals surface area contributed by atoms with E-state index in [2.05, 4.69) is 22.3 Å². The van der Waals surface area contributed by atoms with Crippen LogP contribution in [-0.4, -0.2) is 41.7 Å². The summed E-state index contributed by atoms with van der Waals surface area (Å²) in [5.74, 6) is -2.15. The van der Waals surface area contributed by atoms with Crippen molar-refractivity contribution in [3.8, 4) is 11.1 Å². The fraction of sp³-hybridized carbons (Fsp3) is 0.300. The first kappa shape index (κ1) is 22.2. The van der Waals surface area contributed by atoms with Crippen molar-refractivity contribution in [2.24, 2.45) is 7.05 Å². The van der Waals surface area contributed by atoms with E-state index in [4.69, 9.17) is 21.8 Å². The van der Waals surface area contributed by atoms with Crippen LogP contribution in [0.2, 0.25) is 5.02 Å².